The van der Waals surface area contributed by atoms with Gasteiger partial charge in [-0.05, 0) is 12.0 Å². The van der Waals surface area contributed by atoms with Crippen molar-refractivity contribution in [2.24, 2.45) is 5.92 Å². The van der Waals surface area contributed by atoms with Gasteiger partial charge in [0.15, 0.2) is 0 Å². The number of likely N-dealkylation sites (N-methyl/N-ethyl adjacent to an activating group) is 1. The Morgan fingerprint density at radius 1 is 1.15 bits per heavy atom. The molecule has 2 fully saturated rings. The van der Waals surface area contributed by atoms with Crippen LogP contribution in [-0.4, -0.2) is 79.5 Å². The summed E-state index contributed by atoms with van der Waals surface area (Å²) in [5, 5.41) is 0. The number of likely N-dealkylation sites (tertiary alicyclic amines) is 1. The second kappa shape index (κ2) is 8.64. The molecule has 2 saturated heterocycles. The van der Waals surface area contributed by atoms with Gasteiger partial charge in [-0.15, -0.1) is 0 Å². The van der Waals surface area contributed by atoms with Crippen LogP contribution < -0.4 is 0 Å². The molecule has 0 spiro atoms. The third-order valence-electron chi connectivity index (χ3n) is 5.61. The van der Waals surface area contributed by atoms with Crippen LogP contribution in [0.4, 0.5) is 0 Å². The van der Waals surface area contributed by atoms with Gasteiger partial charge in [0.05, 0.1) is 18.6 Å². The predicted molar refractivity (Wildman–Crippen MR) is 99.5 cm³/mol. The van der Waals surface area contributed by atoms with Crippen molar-refractivity contribution in [1.29, 1.82) is 0 Å². The Balaban J connectivity index is 1.56. The Kier molecular flexibility index (Phi) is 6.27. The molecular weight excluding hydrogens is 330 g/mol. The number of amides is 2. The molecule has 26 heavy (non-hydrogen) atoms. The van der Waals surface area contributed by atoms with E-state index in [0.29, 0.717) is 19.4 Å². The van der Waals surface area contributed by atoms with Crippen molar-refractivity contribution < 1.29 is 14.3 Å². The Hall–Kier alpha value is -1.92. The molecule has 2 atom stereocenters. The first kappa shape index (κ1) is 18.9. The summed E-state index contributed by atoms with van der Waals surface area (Å²) in [6.07, 6.45) is 1.07. The highest BCUT2D eigenvalue weighted by Crippen LogP contribution is 2.26. The summed E-state index contributed by atoms with van der Waals surface area (Å²) in [4.78, 5) is 31.1. The van der Waals surface area contributed by atoms with Crippen LogP contribution in [0.5, 0.6) is 0 Å². The standard InChI is InChI=1S/C20H29N3O3/c1-21-18(15-26-2)17(8-9-19(21)24)20(25)23-12-10-22(11-13-23)14-16-6-4-3-5-7-16/h3-7,17-18H,8-15H2,1-2H3/t17-,18-/m1/s1. The van der Waals surface area contributed by atoms with Gasteiger partial charge in [0.2, 0.25) is 11.8 Å². The molecule has 2 amide bonds. The number of benzene rings is 1. The van der Waals surface area contributed by atoms with Crippen LogP contribution in [0.25, 0.3) is 0 Å². The minimum atomic E-state index is -0.156. The molecule has 0 unspecified atom stereocenters. The number of piperazine rings is 1. The van der Waals surface area contributed by atoms with E-state index in [9.17, 15) is 9.59 Å². The highest BCUT2D eigenvalue weighted by Gasteiger charge is 2.40. The maximum Gasteiger partial charge on any atom is 0.227 e. The first-order valence-corrected chi connectivity index (χ1v) is 9.40. The van der Waals surface area contributed by atoms with Gasteiger partial charge >= 0.3 is 0 Å². The van der Waals surface area contributed by atoms with E-state index in [4.69, 9.17) is 4.74 Å². The largest absolute Gasteiger partial charge is 0.383 e. The van der Waals surface area contributed by atoms with Crippen molar-refractivity contribution in [1.82, 2.24) is 14.7 Å². The molecule has 0 N–H and O–H groups in total. The summed E-state index contributed by atoms with van der Waals surface area (Å²) in [5.41, 5.74) is 1.31. The summed E-state index contributed by atoms with van der Waals surface area (Å²) in [6, 6.07) is 10.3. The normalized spacial score (nSPS) is 24.8. The van der Waals surface area contributed by atoms with Crippen LogP contribution >= 0.6 is 0 Å². The summed E-state index contributed by atoms with van der Waals surface area (Å²) in [7, 11) is 3.40. The van der Waals surface area contributed by atoms with Gasteiger partial charge in [-0.1, -0.05) is 30.3 Å². The second-order valence-corrected chi connectivity index (χ2v) is 7.26. The molecule has 1 aromatic carbocycles. The number of ether oxygens (including phenoxy) is 1. The van der Waals surface area contributed by atoms with Gasteiger partial charge in [0, 0.05) is 53.3 Å². The van der Waals surface area contributed by atoms with Gasteiger partial charge in [-0.2, -0.15) is 0 Å². The van der Waals surface area contributed by atoms with E-state index in [1.807, 2.05) is 11.0 Å². The predicted octanol–water partition coefficient (Wildman–Crippen LogP) is 1.21. The highest BCUT2D eigenvalue weighted by molar-refractivity contribution is 5.84. The SMILES string of the molecule is COC[C@@H]1[C@H](C(=O)N2CCN(Cc3ccccc3)CC2)CCC(=O)N1C. The van der Waals surface area contributed by atoms with Crippen molar-refractivity contribution in [3.05, 3.63) is 35.9 Å². The van der Waals surface area contributed by atoms with Crippen molar-refractivity contribution in [3.8, 4) is 0 Å². The lowest BCUT2D eigenvalue weighted by atomic mass is 9.88. The summed E-state index contributed by atoms with van der Waals surface area (Å²) in [5.74, 6) is 0.118. The summed E-state index contributed by atoms with van der Waals surface area (Å²) in [6.45, 7) is 4.61. The molecule has 0 radical (unpaired) electrons. The zero-order valence-electron chi connectivity index (χ0n) is 15.8. The first-order valence-electron chi connectivity index (χ1n) is 9.40. The molecule has 6 nitrogen and oxygen atoms in total. The number of hydrogen-bond acceptors (Lipinski definition) is 4. The van der Waals surface area contributed by atoms with Crippen LogP contribution in [0, 0.1) is 5.92 Å². The third-order valence-corrected chi connectivity index (χ3v) is 5.61. The molecule has 2 heterocycles. The van der Waals surface area contributed by atoms with E-state index in [2.05, 4.69) is 29.2 Å². The molecule has 0 aromatic heterocycles. The number of methoxy groups -OCH3 is 1. The molecule has 142 valence electrons. The molecule has 2 aliphatic rings. The third kappa shape index (κ3) is 4.24. The van der Waals surface area contributed by atoms with E-state index in [-0.39, 0.29) is 23.8 Å². The fourth-order valence-electron chi connectivity index (χ4n) is 3.99. The Labute approximate surface area is 155 Å². The van der Waals surface area contributed by atoms with E-state index >= 15 is 0 Å². The highest BCUT2D eigenvalue weighted by atomic mass is 16.5. The van der Waals surface area contributed by atoms with Crippen LogP contribution in [0.3, 0.4) is 0 Å². The Morgan fingerprint density at radius 3 is 2.50 bits per heavy atom. The van der Waals surface area contributed by atoms with Crippen molar-refractivity contribution in [3.63, 3.8) is 0 Å². The summed E-state index contributed by atoms with van der Waals surface area (Å²) >= 11 is 0. The minimum absolute atomic E-state index is 0.101. The lowest BCUT2D eigenvalue weighted by molar-refractivity contribution is -0.149. The van der Waals surface area contributed by atoms with Gasteiger partial charge in [-0.25, -0.2) is 0 Å². The molecule has 0 aliphatic carbocycles. The average molecular weight is 359 g/mol. The zero-order valence-corrected chi connectivity index (χ0v) is 15.8. The Bertz CT molecular complexity index is 614. The smallest absolute Gasteiger partial charge is 0.227 e. The topological polar surface area (TPSA) is 53.1 Å². The van der Waals surface area contributed by atoms with E-state index in [1.165, 1.54) is 5.56 Å². The lowest BCUT2D eigenvalue weighted by Gasteiger charge is -2.42. The van der Waals surface area contributed by atoms with E-state index < -0.39 is 0 Å². The second-order valence-electron chi connectivity index (χ2n) is 7.26. The molecular formula is C20H29N3O3. The maximum atomic E-state index is 13.1. The number of carbonyl (C=O) groups is 2. The van der Waals surface area contributed by atoms with Crippen LogP contribution in [0.2, 0.25) is 0 Å². The quantitative estimate of drug-likeness (QED) is 0.793. The molecule has 2 aliphatic heterocycles. The van der Waals surface area contributed by atoms with Crippen LogP contribution in [0.15, 0.2) is 30.3 Å². The molecule has 3 rings (SSSR count). The number of hydrogen-bond donors (Lipinski definition) is 0. The lowest BCUT2D eigenvalue weighted by Crippen LogP contribution is -2.57. The van der Waals surface area contributed by atoms with E-state index in [0.717, 1.165) is 32.7 Å². The number of piperidine rings is 1. The molecule has 6 heteroatoms. The zero-order chi connectivity index (χ0) is 18.5. The molecule has 0 saturated carbocycles. The minimum Gasteiger partial charge on any atom is -0.383 e. The maximum absolute atomic E-state index is 13.1. The van der Waals surface area contributed by atoms with Crippen molar-refractivity contribution >= 4 is 11.8 Å². The summed E-state index contributed by atoms with van der Waals surface area (Å²) < 4.78 is 5.28. The van der Waals surface area contributed by atoms with Crippen molar-refractivity contribution in [2.45, 2.75) is 25.4 Å². The average Bonchev–Trinajstić information content (AvgIpc) is 2.67. The fourth-order valence-corrected chi connectivity index (χ4v) is 3.99. The molecule has 0 bridgehead atoms. The number of nitrogens with zero attached hydrogens (tertiary/aromatic N) is 3. The van der Waals surface area contributed by atoms with Crippen LogP contribution in [0.1, 0.15) is 18.4 Å². The van der Waals surface area contributed by atoms with Gasteiger partial charge < -0.3 is 14.5 Å². The first-order chi connectivity index (χ1) is 12.6. The Morgan fingerprint density at radius 2 is 1.85 bits per heavy atom. The van der Waals surface area contributed by atoms with E-state index in [1.54, 1.807) is 19.1 Å². The van der Waals surface area contributed by atoms with Gasteiger partial charge in [-0.3, -0.25) is 14.5 Å². The number of carbonyl (C=O) groups excluding carboxylic acids is 2. The monoisotopic (exact) mass is 359 g/mol. The van der Waals surface area contributed by atoms with Crippen LogP contribution in [-0.2, 0) is 20.9 Å². The van der Waals surface area contributed by atoms with Gasteiger partial charge in [0.25, 0.3) is 0 Å². The fraction of sp³-hybridized carbons (Fsp3) is 0.600. The van der Waals surface area contributed by atoms with Crippen molar-refractivity contribution in [2.75, 3.05) is 46.9 Å². The molecule has 1 aromatic rings. The number of rotatable bonds is 5. The van der Waals surface area contributed by atoms with Gasteiger partial charge in [0.1, 0.15) is 0 Å².